The van der Waals surface area contributed by atoms with E-state index >= 15 is 0 Å². The van der Waals surface area contributed by atoms with Crippen molar-refractivity contribution in [3.8, 4) is 0 Å². The van der Waals surface area contributed by atoms with Crippen molar-refractivity contribution in [2.75, 3.05) is 0 Å². The van der Waals surface area contributed by atoms with Crippen molar-refractivity contribution in [1.29, 1.82) is 0 Å². The van der Waals surface area contributed by atoms with Gasteiger partial charge < -0.3 is 9.53 Å². The van der Waals surface area contributed by atoms with Gasteiger partial charge in [0.25, 0.3) is 0 Å². The van der Waals surface area contributed by atoms with Crippen molar-refractivity contribution < 1.29 is 9.53 Å². The van der Waals surface area contributed by atoms with E-state index in [9.17, 15) is 4.79 Å². The van der Waals surface area contributed by atoms with Crippen LogP contribution in [0, 0.1) is 22.7 Å². The van der Waals surface area contributed by atoms with Gasteiger partial charge in [0.15, 0.2) is 0 Å². The Kier molecular flexibility index (Phi) is 3.79. The number of hydrogen-bond donors (Lipinski definition) is 0. The highest BCUT2D eigenvalue weighted by Crippen LogP contribution is 2.67. The first-order valence-electron chi connectivity index (χ1n) is 9.33. The van der Waals surface area contributed by atoms with E-state index in [0.29, 0.717) is 17.8 Å². The Labute approximate surface area is 136 Å². The Balaban J connectivity index is 2.00. The Morgan fingerprint density at radius 1 is 1.05 bits per heavy atom. The second-order valence-corrected chi connectivity index (χ2v) is 9.60. The molecule has 2 heteroatoms. The fraction of sp³-hybridized carbons (Fsp3) is 0.950. The van der Waals surface area contributed by atoms with E-state index in [0.717, 1.165) is 25.0 Å². The molecule has 2 aliphatic carbocycles. The maximum atomic E-state index is 11.1. The second-order valence-electron chi connectivity index (χ2n) is 9.60. The van der Waals surface area contributed by atoms with Gasteiger partial charge in [-0.15, -0.1) is 0 Å². The van der Waals surface area contributed by atoms with Crippen LogP contribution in [0.25, 0.3) is 0 Å². The fourth-order valence-corrected chi connectivity index (χ4v) is 6.61. The van der Waals surface area contributed by atoms with Gasteiger partial charge in [0.1, 0.15) is 6.29 Å². The third-order valence-corrected chi connectivity index (χ3v) is 7.85. The van der Waals surface area contributed by atoms with Gasteiger partial charge in [-0.05, 0) is 62.7 Å². The van der Waals surface area contributed by atoms with E-state index in [1.807, 2.05) is 0 Å². The number of fused-ring (bicyclic) bond motifs is 2. The molecular weight excluding hydrogens is 272 g/mol. The van der Waals surface area contributed by atoms with Crippen LogP contribution in [0.1, 0.15) is 86.0 Å². The number of aldehydes is 1. The highest BCUT2D eigenvalue weighted by atomic mass is 16.5. The fourth-order valence-electron chi connectivity index (χ4n) is 6.61. The summed E-state index contributed by atoms with van der Waals surface area (Å²) < 4.78 is 6.86. The van der Waals surface area contributed by atoms with Gasteiger partial charge in [-0.3, -0.25) is 0 Å². The molecule has 0 amide bonds. The number of carbonyl (C=O) groups is 1. The zero-order chi connectivity index (χ0) is 16.2. The van der Waals surface area contributed by atoms with Crippen LogP contribution in [-0.2, 0) is 9.53 Å². The van der Waals surface area contributed by atoms with E-state index in [1.165, 1.54) is 32.1 Å². The molecular formula is C20H34O2. The average molecular weight is 306 g/mol. The third kappa shape index (κ3) is 2.12. The standard InChI is InChI=1S/C20H34O2/c1-15-7-8-16-17(2,3)9-6-10-19(16,5)20(15)12-11-18(4,22-20)13-14-21/h14-16H,6-13H2,1-5H3/t15-,16-,18-,19-,20+/m0/s1. The molecule has 0 bridgehead atoms. The molecule has 2 nitrogen and oxygen atoms in total. The Hall–Kier alpha value is -0.370. The summed E-state index contributed by atoms with van der Waals surface area (Å²) >= 11 is 0. The highest BCUT2D eigenvalue weighted by molar-refractivity contribution is 5.51. The van der Waals surface area contributed by atoms with Crippen molar-refractivity contribution in [3.05, 3.63) is 0 Å². The van der Waals surface area contributed by atoms with Gasteiger partial charge in [0.2, 0.25) is 0 Å². The molecule has 2 saturated carbocycles. The molecule has 1 heterocycles. The van der Waals surface area contributed by atoms with Crippen LogP contribution >= 0.6 is 0 Å². The first kappa shape index (κ1) is 16.5. The SMILES string of the molecule is C[C@H]1CC[C@H]2C(C)(C)CCC[C@]2(C)[C@@]12CC[C@@](C)(CC=O)O2. The third-order valence-electron chi connectivity index (χ3n) is 7.85. The predicted molar refractivity (Wildman–Crippen MR) is 89.8 cm³/mol. The minimum atomic E-state index is -0.234. The van der Waals surface area contributed by atoms with E-state index in [1.54, 1.807) is 0 Å². The van der Waals surface area contributed by atoms with Crippen molar-refractivity contribution in [2.24, 2.45) is 22.7 Å². The summed E-state index contributed by atoms with van der Waals surface area (Å²) in [4.78, 5) is 11.1. The molecule has 1 spiro atoms. The monoisotopic (exact) mass is 306 g/mol. The molecule has 1 aliphatic heterocycles. The first-order chi connectivity index (χ1) is 10.2. The summed E-state index contributed by atoms with van der Waals surface area (Å²) in [6.07, 6.45) is 10.4. The summed E-state index contributed by atoms with van der Waals surface area (Å²) in [6.45, 7) is 12.0. The predicted octanol–water partition coefficient (Wildman–Crippen LogP) is 5.15. The van der Waals surface area contributed by atoms with Gasteiger partial charge in [0, 0.05) is 11.8 Å². The van der Waals surface area contributed by atoms with Crippen LogP contribution in [0.15, 0.2) is 0 Å². The molecule has 0 unspecified atom stereocenters. The second kappa shape index (κ2) is 5.06. The highest BCUT2D eigenvalue weighted by Gasteiger charge is 2.66. The zero-order valence-electron chi connectivity index (χ0n) is 15.2. The summed E-state index contributed by atoms with van der Waals surface area (Å²) in [6, 6.07) is 0. The number of rotatable bonds is 2. The molecule has 0 aromatic carbocycles. The van der Waals surface area contributed by atoms with Gasteiger partial charge >= 0.3 is 0 Å². The lowest BCUT2D eigenvalue weighted by molar-refractivity contribution is -0.244. The lowest BCUT2D eigenvalue weighted by atomic mass is 9.44. The Morgan fingerprint density at radius 3 is 2.45 bits per heavy atom. The largest absolute Gasteiger partial charge is 0.368 e. The number of ether oxygens (including phenoxy) is 1. The summed E-state index contributed by atoms with van der Waals surface area (Å²) in [5, 5.41) is 0. The lowest BCUT2D eigenvalue weighted by Crippen LogP contribution is -2.62. The number of carbonyl (C=O) groups excluding carboxylic acids is 1. The lowest BCUT2D eigenvalue weighted by Gasteiger charge is -2.64. The average Bonchev–Trinajstić information content (AvgIpc) is 2.76. The summed E-state index contributed by atoms with van der Waals surface area (Å²) in [5.41, 5.74) is 0.452. The topological polar surface area (TPSA) is 26.3 Å². The van der Waals surface area contributed by atoms with Gasteiger partial charge in [-0.1, -0.05) is 34.1 Å². The quantitative estimate of drug-likeness (QED) is 0.660. The van der Waals surface area contributed by atoms with E-state index < -0.39 is 0 Å². The van der Waals surface area contributed by atoms with Crippen LogP contribution in [0.3, 0.4) is 0 Å². The normalized spacial score (nSPS) is 50.8. The first-order valence-corrected chi connectivity index (χ1v) is 9.33. The summed E-state index contributed by atoms with van der Waals surface area (Å²) in [7, 11) is 0. The van der Waals surface area contributed by atoms with Crippen LogP contribution in [0.5, 0.6) is 0 Å². The van der Waals surface area contributed by atoms with Crippen LogP contribution < -0.4 is 0 Å². The molecule has 22 heavy (non-hydrogen) atoms. The molecule has 5 atom stereocenters. The Morgan fingerprint density at radius 2 is 1.77 bits per heavy atom. The summed E-state index contributed by atoms with van der Waals surface area (Å²) in [5.74, 6) is 1.36. The van der Waals surface area contributed by atoms with Crippen molar-refractivity contribution >= 4 is 6.29 Å². The maximum absolute atomic E-state index is 11.1. The van der Waals surface area contributed by atoms with E-state index in [4.69, 9.17) is 4.74 Å². The van der Waals surface area contributed by atoms with Crippen LogP contribution in [0.4, 0.5) is 0 Å². The van der Waals surface area contributed by atoms with Crippen molar-refractivity contribution in [1.82, 2.24) is 0 Å². The van der Waals surface area contributed by atoms with E-state index in [2.05, 4.69) is 34.6 Å². The Bertz CT molecular complexity index is 457. The molecule has 0 aromatic heterocycles. The molecule has 3 rings (SSSR count). The van der Waals surface area contributed by atoms with Gasteiger partial charge in [0.05, 0.1) is 11.2 Å². The van der Waals surface area contributed by atoms with E-state index in [-0.39, 0.29) is 16.6 Å². The van der Waals surface area contributed by atoms with Crippen LogP contribution in [0.2, 0.25) is 0 Å². The molecule has 3 aliphatic rings. The molecule has 0 N–H and O–H groups in total. The van der Waals surface area contributed by atoms with Gasteiger partial charge in [-0.2, -0.15) is 0 Å². The van der Waals surface area contributed by atoms with Gasteiger partial charge in [-0.25, -0.2) is 0 Å². The minimum Gasteiger partial charge on any atom is -0.368 e. The van der Waals surface area contributed by atoms with Crippen molar-refractivity contribution in [3.63, 3.8) is 0 Å². The molecule has 126 valence electrons. The smallest absolute Gasteiger partial charge is 0.122 e. The molecule has 0 aromatic rings. The molecule has 0 radical (unpaired) electrons. The van der Waals surface area contributed by atoms with Crippen LogP contribution in [-0.4, -0.2) is 17.5 Å². The minimum absolute atomic E-state index is 0.00856. The zero-order valence-corrected chi connectivity index (χ0v) is 15.2. The number of hydrogen-bond acceptors (Lipinski definition) is 2. The molecule has 3 fully saturated rings. The maximum Gasteiger partial charge on any atom is 0.122 e. The van der Waals surface area contributed by atoms with Crippen molar-refractivity contribution in [2.45, 2.75) is 97.2 Å². The molecule has 1 saturated heterocycles.